The van der Waals surface area contributed by atoms with Gasteiger partial charge in [0.1, 0.15) is 0 Å². The van der Waals surface area contributed by atoms with Gasteiger partial charge >= 0.3 is 0 Å². The van der Waals surface area contributed by atoms with Crippen molar-refractivity contribution in [3.05, 3.63) is 71.3 Å². The Morgan fingerprint density at radius 3 is 2.25 bits per heavy atom. The van der Waals surface area contributed by atoms with Gasteiger partial charge in [-0.05, 0) is 16.7 Å². The quantitative estimate of drug-likeness (QED) is 0.851. The zero-order valence-electron chi connectivity index (χ0n) is 11.1. The van der Waals surface area contributed by atoms with Crippen LogP contribution in [0.5, 0.6) is 0 Å². The average Bonchev–Trinajstić information content (AvgIpc) is 2.46. The van der Waals surface area contributed by atoms with Crippen molar-refractivity contribution < 1.29 is 8.42 Å². The molecular formula is C15H18N2O2S. The molecule has 0 fully saturated rings. The van der Waals surface area contributed by atoms with Crippen LogP contribution in [0.3, 0.4) is 0 Å². The summed E-state index contributed by atoms with van der Waals surface area (Å²) < 4.78 is 26.6. The first kappa shape index (κ1) is 14.7. The monoisotopic (exact) mass is 290 g/mol. The van der Waals surface area contributed by atoms with E-state index in [0.29, 0.717) is 6.54 Å². The zero-order valence-corrected chi connectivity index (χ0v) is 11.9. The summed E-state index contributed by atoms with van der Waals surface area (Å²) in [6, 6.07) is 16.7. The van der Waals surface area contributed by atoms with Crippen LogP contribution >= 0.6 is 0 Å². The van der Waals surface area contributed by atoms with Gasteiger partial charge in [0, 0.05) is 13.1 Å². The Morgan fingerprint density at radius 1 is 0.900 bits per heavy atom. The molecule has 0 heterocycles. The van der Waals surface area contributed by atoms with Crippen molar-refractivity contribution in [3.8, 4) is 0 Å². The number of hydrogen-bond acceptors (Lipinski definition) is 3. The molecule has 20 heavy (non-hydrogen) atoms. The molecule has 0 unspecified atom stereocenters. The first-order valence-corrected chi connectivity index (χ1v) is 8.03. The van der Waals surface area contributed by atoms with E-state index in [-0.39, 0.29) is 12.3 Å². The van der Waals surface area contributed by atoms with E-state index in [1.807, 2.05) is 42.5 Å². The van der Waals surface area contributed by atoms with Crippen LogP contribution in [0.1, 0.15) is 16.7 Å². The number of nitrogens with two attached hydrogens (primary N) is 1. The molecule has 0 saturated heterocycles. The van der Waals surface area contributed by atoms with Gasteiger partial charge in [0.25, 0.3) is 0 Å². The minimum atomic E-state index is -3.33. The maximum Gasteiger partial charge on any atom is 0.216 e. The topological polar surface area (TPSA) is 72.2 Å². The number of nitrogens with one attached hydrogen (secondary N) is 1. The van der Waals surface area contributed by atoms with Crippen molar-refractivity contribution in [2.24, 2.45) is 5.73 Å². The van der Waals surface area contributed by atoms with Gasteiger partial charge in [-0.15, -0.1) is 0 Å². The number of hydrogen-bond donors (Lipinski definition) is 2. The van der Waals surface area contributed by atoms with Gasteiger partial charge < -0.3 is 5.73 Å². The van der Waals surface area contributed by atoms with Gasteiger partial charge in [-0.2, -0.15) is 0 Å². The Hall–Kier alpha value is -1.69. The molecule has 0 aliphatic rings. The van der Waals surface area contributed by atoms with E-state index in [0.717, 1.165) is 16.7 Å². The van der Waals surface area contributed by atoms with E-state index < -0.39 is 10.0 Å². The summed E-state index contributed by atoms with van der Waals surface area (Å²) in [5.41, 5.74) is 8.24. The van der Waals surface area contributed by atoms with Crippen LogP contribution in [-0.2, 0) is 28.9 Å². The Morgan fingerprint density at radius 2 is 1.55 bits per heavy atom. The van der Waals surface area contributed by atoms with E-state index in [4.69, 9.17) is 5.73 Å². The minimum Gasteiger partial charge on any atom is -0.326 e. The summed E-state index contributed by atoms with van der Waals surface area (Å²) in [7, 11) is -3.33. The highest BCUT2D eigenvalue weighted by Gasteiger charge is 2.10. The molecule has 5 heteroatoms. The predicted molar refractivity (Wildman–Crippen MR) is 80.2 cm³/mol. The lowest BCUT2D eigenvalue weighted by Gasteiger charge is -2.08. The summed E-state index contributed by atoms with van der Waals surface area (Å²) in [4.78, 5) is 0. The lowest BCUT2D eigenvalue weighted by molar-refractivity contribution is 0.580. The number of benzene rings is 2. The molecule has 3 N–H and O–H groups in total. The second kappa shape index (κ2) is 6.65. The summed E-state index contributed by atoms with van der Waals surface area (Å²) in [5.74, 6) is -0.00950. The molecule has 0 aromatic heterocycles. The molecule has 0 radical (unpaired) electrons. The molecule has 0 saturated carbocycles. The maximum atomic E-state index is 12.0. The highest BCUT2D eigenvalue weighted by molar-refractivity contribution is 7.88. The fraction of sp³-hybridized carbons (Fsp3) is 0.200. The molecule has 0 atom stereocenters. The maximum absolute atomic E-state index is 12.0. The summed E-state index contributed by atoms with van der Waals surface area (Å²) in [6.45, 7) is 0.730. The molecule has 0 aliphatic heterocycles. The number of sulfonamides is 1. The highest BCUT2D eigenvalue weighted by atomic mass is 32.2. The highest BCUT2D eigenvalue weighted by Crippen LogP contribution is 2.07. The van der Waals surface area contributed by atoms with Crippen LogP contribution in [0.25, 0.3) is 0 Å². The van der Waals surface area contributed by atoms with Crippen molar-refractivity contribution >= 4 is 10.0 Å². The average molecular weight is 290 g/mol. The molecule has 106 valence electrons. The van der Waals surface area contributed by atoms with Crippen LogP contribution in [0.2, 0.25) is 0 Å². The number of rotatable bonds is 6. The third kappa shape index (κ3) is 4.45. The van der Waals surface area contributed by atoms with Crippen molar-refractivity contribution in [3.63, 3.8) is 0 Å². The third-order valence-electron chi connectivity index (χ3n) is 2.92. The SMILES string of the molecule is NCc1cccc(CNS(=O)(=O)Cc2ccccc2)c1. The molecule has 0 bridgehead atoms. The second-order valence-electron chi connectivity index (χ2n) is 4.59. The molecule has 4 nitrogen and oxygen atoms in total. The van der Waals surface area contributed by atoms with Gasteiger partial charge in [-0.3, -0.25) is 0 Å². The Bertz CT molecular complexity index is 655. The molecular weight excluding hydrogens is 272 g/mol. The summed E-state index contributed by atoms with van der Waals surface area (Å²) >= 11 is 0. The Labute approximate surface area is 119 Å². The van der Waals surface area contributed by atoms with Crippen LogP contribution < -0.4 is 10.5 Å². The summed E-state index contributed by atoms with van der Waals surface area (Å²) in [6.07, 6.45) is 0. The van der Waals surface area contributed by atoms with Crippen molar-refractivity contribution in [2.75, 3.05) is 0 Å². The van der Waals surface area contributed by atoms with E-state index in [1.54, 1.807) is 12.1 Å². The fourth-order valence-corrected chi connectivity index (χ4v) is 3.02. The van der Waals surface area contributed by atoms with Gasteiger partial charge in [0.15, 0.2) is 0 Å². The van der Waals surface area contributed by atoms with E-state index in [2.05, 4.69) is 4.72 Å². The largest absolute Gasteiger partial charge is 0.326 e. The van der Waals surface area contributed by atoms with Gasteiger partial charge in [-0.1, -0.05) is 54.6 Å². The van der Waals surface area contributed by atoms with Gasteiger partial charge in [0.2, 0.25) is 10.0 Å². The van der Waals surface area contributed by atoms with Crippen LogP contribution in [0, 0.1) is 0 Å². The normalized spacial score (nSPS) is 11.4. The van der Waals surface area contributed by atoms with E-state index in [1.165, 1.54) is 0 Å². The van der Waals surface area contributed by atoms with Gasteiger partial charge in [-0.25, -0.2) is 13.1 Å². The van der Waals surface area contributed by atoms with Crippen molar-refractivity contribution in [1.29, 1.82) is 0 Å². The van der Waals surface area contributed by atoms with Gasteiger partial charge in [0.05, 0.1) is 5.75 Å². The molecule has 0 aliphatic carbocycles. The fourth-order valence-electron chi connectivity index (χ4n) is 1.90. The minimum absolute atomic E-state index is 0.00950. The van der Waals surface area contributed by atoms with Crippen LogP contribution in [0.15, 0.2) is 54.6 Å². The Balaban J connectivity index is 1.98. The first-order chi connectivity index (χ1) is 9.59. The second-order valence-corrected chi connectivity index (χ2v) is 6.40. The Kier molecular flexibility index (Phi) is 4.89. The smallest absolute Gasteiger partial charge is 0.216 e. The van der Waals surface area contributed by atoms with Crippen LogP contribution in [-0.4, -0.2) is 8.42 Å². The predicted octanol–water partition coefficient (Wildman–Crippen LogP) is 1.76. The van der Waals surface area contributed by atoms with E-state index >= 15 is 0 Å². The van der Waals surface area contributed by atoms with Crippen molar-refractivity contribution in [2.45, 2.75) is 18.8 Å². The molecule has 0 amide bonds. The molecule has 2 aromatic rings. The lowest BCUT2D eigenvalue weighted by Crippen LogP contribution is -2.24. The molecule has 0 spiro atoms. The lowest BCUT2D eigenvalue weighted by atomic mass is 10.1. The first-order valence-electron chi connectivity index (χ1n) is 6.38. The van der Waals surface area contributed by atoms with Crippen LogP contribution in [0.4, 0.5) is 0 Å². The third-order valence-corrected chi connectivity index (χ3v) is 4.22. The molecule has 2 rings (SSSR count). The van der Waals surface area contributed by atoms with Crippen molar-refractivity contribution in [1.82, 2.24) is 4.72 Å². The zero-order chi connectivity index (χ0) is 14.4. The van der Waals surface area contributed by atoms with E-state index in [9.17, 15) is 8.42 Å². The standard InChI is InChI=1S/C15H18N2O2S/c16-10-14-7-4-8-15(9-14)11-17-20(18,19)12-13-5-2-1-3-6-13/h1-9,17H,10-12,16H2. The molecule has 2 aromatic carbocycles. The summed E-state index contributed by atoms with van der Waals surface area (Å²) in [5, 5.41) is 0.